The minimum Gasteiger partial charge on any atom is -0.497 e. The van der Waals surface area contributed by atoms with E-state index in [1.54, 1.807) is 25.4 Å². The Morgan fingerprint density at radius 1 is 0.929 bits per heavy atom. The van der Waals surface area contributed by atoms with Crippen molar-refractivity contribution in [2.75, 3.05) is 24.5 Å². The minimum atomic E-state index is 0.459. The summed E-state index contributed by atoms with van der Waals surface area (Å²) in [6.07, 6.45) is 1.71. The van der Waals surface area contributed by atoms with E-state index in [1.807, 2.05) is 78.9 Å². The normalized spacial score (nSPS) is 10.5. The van der Waals surface area contributed by atoms with Crippen LogP contribution in [0.15, 0.2) is 84.0 Å². The van der Waals surface area contributed by atoms with Gasteiger partial charge in [0.2, 0.25) is 0 Å². The Morgan fingerprint density at radius 2 is 1.61 bits per heavy atom. The van der Waals surface area contributed by atoms with E-state index >= 15 is 0 Å². The highest BCUT2D eigenvalue weighted by Gasteiger charge is 2.12. The molecule has 0 aliphatic rings. The third kappa shape index (κ3) is 4.86. The van der Waals surface area contributed by atoms with Crippen molar-refractivity contribution in [1.82, 2.24) is 0 Å². The number of hydrogen-bond acceptors (Lipinski definition) is 4. The van der Waals surface area contributed by atoms with Crippen LogP contribution < -0.4 is 19.8 Å². The maximum Gasteiger partial charge on any atom is 0.198 e. The number of nitrogens with zero attached hydrogens (tertiary/aromatic N) is 2. The lowest BCUT2D eigenvalue weighted by Crippen LogP contribution is -2.30. The average Bonchev–Trinajstić information content (AvgIpc) is 2.75. The molecule has 0 radical (unpaired) electrons. The molecule has 28 heavy (non-hydrogen) atoms. The monoisotopic (exact) mass is 391 g/mol. The van der Waals surface area contributed by atoms with Gasteiger partial charge in [-0.1, -0.05) is 36.4 Å². The number of anilines is 2. The second kappa shape index (κ2) is 9.53. The zero-order valence-corrected chi connectivity index (χ0v) is 16.5. The predicted octanol–water partition coefficient (Wildman–Crippen LogP) is 4.94. The molecule has 5 nitrogen and oxygen atoms in total. The number of thiocarbonyl (C=S) groups is 1. The van der Waals surface area contributed by atoms with Gasteiger partial charge in [0, 0.05) is 17.3 Å². The van der Waals surface area contributed by atoms with Crippen LogP contribution in [0.3, 0.4) is 0 Å². The molecule has 0 saturated heterocycles. The van der Waals surface area contributed by atoms with E-state index in [2.05, 4.69) is 10.4 Å². The fourth-order valence-electron chi connectivity index (χ4n) is 2.55. The molecule has 3 aromatic carbocycles. The smallest absolute Gasteiger partial charge is 0.198 e. The number of ether oxygens (including phenoxy) is 2. The molecular formula is C22H21N3O2S. The quantitative estimate of drug-likeness (QED) is 0.366. The molecule has 0 unspecified atom stereocenters. The van der Waals surface area contributed by atoms with Crippen molar-refractivity contribution in [3.63, 3.8) is 0 Å². The zero-order chi connectivity index (χ0) is 19.8. The summed E-state index contributed by atoms with van der Waals surface area (Å²) in [4.78, 5) is 0. The van der Waals surface area contributed by atoms with Crippen molar-refractivity contribution < 1.29 is 9.47 Å². The number of hydrogen-bond donors (Lipinski definition) is 1. The Kier molecular flexibility index (Phi) is 6.59. The van der Waals surface area contributed by atoms with E-state index in [4.69, 9.17) is 21.7 Å². The van der Waals surface area contributed by atoms with Gasteiger partial charge in [0.1, 0.15) is 11.5 Å². The molecule has 0 saturated carbocycles. The Bertz CT molecular complexity index is 947. The second-order valence-corrected chi connectivity index (χ2v) is 6.18. The van der Waals surface area contributed by atoms with Gasteiger partial charge in [0.25, 0.3) is 0 Å². The number of benzene rings is 3. The van der Waals surface area contributed by atoms with Crippen molar-refractivity contribution >= 4 is 34.9 Å². The lowest BCUT2D eigenvalue weighted by molar-refractivity contribution is 0.394. The van der Waals surface area contributed by atoms with Gasteiger partial charge in [-0.2, -0.15) is 5.10 Å². The van der Waals surface area contributed by atoms with E-state index < -0.39 is 0 Å². The van der Waals surface area contributed by atoms with Crippen LogP contribution in [0.5, 0.6) is 11.5 Å². The maximum absolute atomic E-state index is 5.61. The van der Waals surface area contributed by atoms with Gasteiger partial charge in [0.05, 0.1) is 26.1 Å². The molecule has 0 aromatic heterocycles. The van der Waals surface area contributed by atoms with Gasteiger partial charge in [-0.15, -0.1) is 0 Å². The first-order valence-electron chi connectivity index (χ1n) is 8.68. The molecular weight excluding hydrogens is 370 g/mol. The van der Waals surface area contributed by atoms with Crippen molar-refractivity contribution in [2.45, 2.75) is 0 Å². The molecule has 0 fully saturated rings. The largest absolute Gasteiger partial charge is 0.497 e. The summed E-state index contributed by atoms with van der Waals surface area (Å²) in [5.74, 6) is 1.38. The first-order chi connectivity index (χ1) is 13.7. The van der Waals surface area contributed by atoms with Gasteiger partial charge < -0.3 is 14.8 Å². The first kappa shape index (κ1) is 19.4. The third-order valence-electron chi connectivity index (χ3n) is 3.97. The van der Waals surface area contributed by atoms with Crippen LogP contribution >= 0.6 is 12.2 Å². The van der Waals surface area contributed by atoms with E-state index in [9.17, 15) is 0 Å². The molecule has 0 aliphatic carbocycles. The standard InChI is InChI=1S/C22H21N3O2S/c1-26-20-14-13-17(21(15-20)27-2)16-23-25(19-11-7-4-8-12-19)22(28)24-18-9-5-3-6-10-18/h3-16H,1-2H3,(H,24,28)/b23-16-. The third-order valence-corrected chi connectivity index (χ3v) is 4.25. The van der Waals surface area contributed by atoms with E-state index in [0.29, 0.717) is 10.9 Å². The highest BCUT2D eigenvalue weighted by molar-refractivity contribution is 7.80. The number of methoxy groups -OCH3 is 2. The Hall–Kier alpha value is -3.38. The minimum absolute atomic E-state index is 0.459. The second-order valence-electron chi connectivity index (χ2n) is 5.80. The molecule has 3 rings (SSSR count). The Balaban J connectivity index is 1.89. The molecule has 6 heteroatoms. The first-order valence-corrected chi connectivity index (χ1v) is 9.09. The molecule has 0 bridgehead atoms. The molecule has 142 valence electrons. The lowest BCUT2D eigenvalue weighted by atomic mass is 10.2. The molecule has 1 N–H and O–H groups in total. The summed E-state index contributed by atoms with van der Waals surface area (Å²) in [6.45, 7) is 0. The van der Waals surface area contributed by atoms with Gasteiger partial charge >= 0.3 is 0 Å². The molecule has 0 amide bonds. The van der Waals surface area contributed by atoms with Crippen LogP contribution in [0, 0.1) is 0 Å². The Labute approximate surface area is 170 Å². The molecule has 3 aromatic rings. The maximum atomic E-state index is 5.61. The van der Waals surface area contributed by atoms with Crippen molar-refractivity contribution in [3.05, 3.63) is 84.4 Å². The SMILES string of the molecule is COc1ccc(/C=N\N(C(=S)Nc2ccccc2)c2ccccc2)c(OC)c1. The zero-order valence-electron chi connectivity index (χ0n) is 15.7. The highest BCUT2D eigenvalue weighted by Crippen LogP contribution is 2.24. The van der Waals surface area contributed by atoms with Gasteiger partial charge in [-0.3, -0.25) is 0 Å². The van der Waals surface area contributed by atoms with Gasteiger partial charge in [0.15, 0.2) is 5.11 Å². The summed E-state index contributed by atoms with van der Waals surface area (Å²) in [7, 11) is 3.23. The lowest BCUT2D eigenvalue weighted by Gasteiger charge is -2.21. The molecule has 0 atom stereocenters. The van der Waals surface area contributed by atoms with Gasteiger partial charge in [-0.25, -0.2) is 5.01 Å². The summed E-state index contributed by atoms with van der Waals surface area (Å²) in [6, 6.07) is 25.0. The Morgan fingerprint density at radius 3 is 2.25 bits per heavy atom. The van der Waals surface area contributed by atoms with Crippen LogP contribution in [-0.2, 0) is 0 Å². The van der Waals surface area contributed by atoms with Crippen LogP contribution in [0.4, 0.5) is 11.4 Å². The fourth-order valence-corrected chi connectivity index (χ4v) is 2.82. The summed E-state index contributed by atoms with van der Waals surface area (Å²) in [5, 5.41) is 9.96. The highest BCUT2D eigenvalue weighted by atomic mass is 32.1. The number of para-hydroxylation sites is 2. The molecule has 0 aliphatic heterocycles. The van der Waals surface area contributed by atoms with E-state index in [1.165, 1.54) is 0 Å². The summed E-state index contributed by atoms with van der Waals surface area (Å²) in [5.41, 5.74) is 2.55. The molecule has 0 heterocycles. The number of nitrogens with one attached hydrogen (secondary N) is 1. The number of hydrazone groups is 1. The van der Waals surface area contributed by atoms with Crippen LogP contribution in [-0.4, -0.2) is 25.5 Å². The van der Waals surface area contributed by atoms with E-state index in [0.717, 1.165) is 22.7 Å². The van der Waals surface area contributed by atoms with Gasteiger partial charge in [-0.05, 0) is 48.6 Å². The van der Waals surface area contributed by atoms with E-state index in [-0.39, 0.29) is 0 Å². The number of rotatable bonds is 6. The topological polar surface area (TPSA) is 46.1 Å². The van der Waals surface area contributed by atoms with Crippen molar-refractivity contribution in [3.8, 4) is 11.5 Å². The predicted molar refractivity (Wildman–Crippen MR) is 119 cm³/mol. The van der Waals surface area contributed by atoms with Crippen LogP contribution in [0.2, 0.25) is 0 Å². The van der Waals surface area contributed by atoms with Crippen LogP contribution in [0.25, 0.3) is 0 Å². The molecule has 0 spiro atoms. The fraction of sp³-hybridized carbons (Fsp3) is 0.0909. The summed E-state index contributed by atoms with van der Waals surface area (Å²) >= 11 is 5.61. The average molecular weight is 391 g/mol. The van der Waals surface area contributed by atoms with Crippen molar-refractivity contribution in [1.29, 1.82) is 0 Å². The van der Waals surface area contributed by atoms with Crippen LogP contribution in [0.1, 0.15) is 5.56 Å². The summed E-state index contributed by atoms with van der Waals surface area (Å²) < 4.78 is 10.7. The van der Waals surface area contributed by atoms with Crippen molar-refractivity contribution in [2.24, 2.45) is 5.10 Å².